The first kappa shape index (κ1) is 22.6. The number of carbonyl (C=O) groups excluding carboxylic acids is 2. The second-order valence-electron chi connectivity index (χ2n) is 6.73. The Kier molecular flexibility index (Phi) is 7.13. The normalized spacial score (nSPS) is 11.4. The van der Waals surface area contributed by atoms with E-state index in [0.717, 1.165) is 16.1 Å². The predicted octanol–water partition coefficient (Wildman–Crippen LogP) is 2.84. The lowest BCUT2D eigenvalue weighted by Crippen LogP contribution is -2.20. The number of nitrogens with one attached hydrogen (secondary N) is 1. The molecule has 10 heteroatoms. The standard InChI is InChI=1S/C21H26N6O3S/c1-5-27-16(10-13(2)25-27)19(28)24-21-23-15-11-14(20(29)30-3)12-17(31-4)18(15)26(21)9-7-6-8-22/h6-7,10-12H,5,8-9,22H2,1-4H3,(H,23,24,28)/b7-6+. The molecule has 0 unspecified atom stereocenters. The highest BCUT2D eigenvalue weighted by molar-refractivity contribution is 7.98. The number of hydrogen-bond donors (Lipinski definition) is 2. The Morgan fingerprint density at radius 3 is 2.71 bits per heavy atom. The largest absolute Gasteiger partial charge is 0.465 e. The van der Waals surface area contributed by atoms with Crippen molar-refractivity contribution in [3.8, 4) is 0 Å². The summed E-state index contributed by atoms with van der Waals surface area (Å²) in [4.78, 5) is 30.6. The molecule has 0 bridgehead atoms. The average Bonchev–Trinajstić information content (AvgIpc) is 3.32. The summed E-state index contributed by atoms with van der Waals surface area (Å²) in [6.45, 7) is 5.21. The van der Waals surface area contributed by atoms with Crippen molar-refractivity contribution < 1.29 is 14.3 Å². The fraction of sp³-hybridized carbons (Fsp3) is 0.333. The van der Waals surface area contributed by atoms with Crippen LogP contribution >= 0.6 is 11.8 Å². The number of allylic oxidation sites excluding steroid dienone is 1. The zero-order valence-corrected chi connectivity index (χ0v) is 18.8. The highest BCUT2D eigenvalue weighted by atomic mass is 32.2. The molecule has 164 valence electrons. The minimum Gasteiger partial charge on any atom is -0.465 e. The van der Waals surface area contributed by atoms with Crippen LogP contribution in [0.4, 0.5) is 5.95 Å². The van der Waals surface area contributed by atoms with Gasteiger partial charge in [0.25, 0.3) is 5.91 Å². The molecule has 31 heavy (non-hydrogen) atoms. The van der Waals surface area contributed by atoms with Gasteiger partial charge in [0, 0.05) is 24.5 Å². The van der Waals surface area contributed by atoms with Crippen molar-refractivity contribution in [3.63, 3.8) is 0 Å². The molecule has 3 rings (SSSR count). The number of fused-ring (bicyclic) bond motifs is 1. The van der Waals surface area contributed by atoms with Crippen LogP contribution in [0.25, 0.3) is 11.0 Å². The number of ether oxygens (including phenoxy) is 1. The van der Waals surface area contributed by atoms with Crippen molar-refractivity contribution in [1.82, 2.24) is 19.3 Å². The van der Waals surface area contributed by atoms with Crippen LogP contribution in [0.5, 0.6) is 0 Å². The van der Waals surface area contributed by atoms with E-state index in [-0.39, 0.29) is 5.91 Å². The molecule has 2 heterocycles. The zero-order valence-electron chi connectivity index (χ0n) is 18.0. The zero-order chi connectivity index (χ0) is 22.5. The number of imidazole rings is 1. The minimum absolute atomic E-state index is 0.305. The Morgan fingerprint density at radius 2 is 2.06 bits per heavy atom. The maximum atomic E-state index is 13.0. The van der Waals surface area contributed by atoms with Gasteiger partial charge in [-0.05, 0) is 38.3 Å². The van der Waals surface area contributed by atoms with Crippen molar-refractivity contribution >= 4 is 40.6 Å². The highest BCUT2D eigenvalue weighted by Gasteiger charge is 2.21. The van der Waals surface area contributed by atoms with Crippen LogP contribution in [0, 0.1) is 6.92 Å². The fourth-order valence-electron chi connectivity index (χ4n) is 3.31. The molecule has 0 aliphatic rings. The molecule has 2 aromatic heterocycles. The molecule has 0 aliphatic heterocycles. The van der Waals surface area contributed by atoms with Crippen LogP contribution in [-0.2, 0) is 17.8 Å². The first-order chi connectivity index (χ1) is 14.9. The number of hydrogen-bond acceptors (Lipinski definition) is 7. The summed E-state index contributed by atoms with van der Waals surface area (Å²) in [7, 11) is 1.34. The van der Waals surface area contributed by atoms with E-state index in [1.165, 1.54) is 18.9 Å². The van der Waals surface area contributed by atoms with E-state index in [4.69, 9.17) is 10.5 Å². The van der Waals surface area contributed by atoms with Crippen LogP contribution in [0.3, 0.4) is 0 Å². The molecule has 0 atom stereocenters. The van der Waals surface area contributed by atoms with Crippen molar-refractivity contribution in [1.29, 1.82) is 0 Å². The number of methoxy groups -OCH3 is 1. The second kappa shape index (κ2) is 9.80. The summed E-state index contributed by atoms with van der Waals surface area (Å²) in [6.07, 6.45) is 5.67. The maximum Gasteiger partial charge on any atom is 0.337 e. The van der Waals surface area contributed by atoms with Crippen molar-refractivity contribution in [3.05, 3.63) is 47.3 Å². The van der Waals surface area contributed by atoms with E-state index < -0.39 is 5.97 Å². The van der Waals surface area contributed by atoms with Crippen LogP contribution in [0.15, 0.2) is 35.2 Å². The van der Waals surface area contributed by atoms with Gasteiger partial charge in [0.1, 0.15) is 5.69 Å². The Morgan fingerprint density at radius 1 is 1.29 bits per heavy atom. The van der Waals surface area contributed by atoms with Gasteiger partial charge in [-0.1, -0.05) is 12.2 Å². The van der Waals surface area contributed by atoms with Gasteiger partial charge >= 0.3 is 5.97 Å². The van der Waals surface area contributed by atoms with Crippen LogP contribution in [0.2, 0.25) is 0 Å². The third-order valence-corrected chi connectivity index (χ3v) is 5.45. The molecular weight excluding hydrogens is 416 g/mol. The molecule has 3 N–H and O–H groups in total. The van der Waals surface area contributed by atoms with Crippen molar-refractivity contribution in [2.24, 2.45) is 5.73 Å². The lowest BCUT2D eigenvalue weighted by Gasteiger charge is -2.11. The number of anilines is 1. The number of esters is 1. The molecule has 0 fully saturated rings. The van der Waals surface area contributed by atoms with E-state index in [9.17, 15) is 9.59 Å². The van der Waals surface area contributed by atoms with E-state index in [2.05, 4.69) is 15.4 Å². The Hall–Kier alpha value is -3.11. The highest BCUT2D eigenvalue weighted by Crippen LogP contribution is 2.31. The first-order valence-electron chi connectivity index (χ1n) is 9.80. The molecule has 0 aliphatic carbocycles. The predicted molar refractivity (Wildman–Crippen MR) is 122 cm³/mol. The SMILES string of the molecule is CCn1nc(C)cc1C(=O)Nc1nc2cc(C(=O)OC)cc(SC)c2n1C/C=C/CN. The van der Waals surface area contributed by atoms with Crippen LogP contribution in [0.1, 0.15) is 33.5 Å². The van der Waals surface area contributed by atoms with Gasteiger partial charge in [-0.3, -0.25) is 14.8 Å². The maximum absolute atomic E-state index is 13.0. The van der Waals surface area contributed by atoms with Gasteiger partial charge in [-0.15, -0.1) is 11.8 Å². The van der Waals surface area contributed by atoms with Crippen LogP contribution < -0.4 is 11.1 Å². The van der Waals surface area contributed by atoms with Crippen molar-refractivity contribution in [2.45, 2.75) is 31.8 Å². The lowest BCUT2D eigenvalue weighted by atomic mass is 10.2. The molecular formula is C21H26N6O3S. The number of rotatable bonds is 8. The quantitative estimate of drug-likeness (QED) is 0.313. The van der Waals surface area contributed by atoms with Gasteiger partial charge in [0.05, 0.1) is 29.4 Å². The number of amides is 1. The number of nitrogens with two attached hydrogens (primary N) is 1. The number of nitrogens with zero attached hydrogens (tertiary/aromatic N) is 4. The third-order valence-electron chi connectivity index (χ3n) is 4.70. The number of thioether (sulfide) groups is 1. The molecule has 0 saturated carbocycles. The topological polar surface area (TPSA) is 117 Å². The lowest BCUT2D eigenvalue weighted by molar-refractivity contribution is 0.0600. The summed E-state index contributed by atoms with van der Waals surface area (Å²) < 4.78 is 8.41. The monoisotopic (exact) mass is 442 g/mol. The Labute approximate surface area is 184 Å². The number of aromatic nitrogens is 4. The van der Waals surface area contributed by atoms with E-state index in [1.54, 1.807) is 22.9 Å². The molecule has 1 aromatic carbocycles. The van der Waals surface area contributed by atoms with E-state index in [0.29, 0.717) is 42.4 Å². The number of carbonyl (C=O) groups is 2. The molecule has 0 saturated heterocycles. The number of benzene rings is 1. The van der Waals surface area contributed by atoms with Gasteiger partial charge in [-0.25, -0.2) is 9.78 Å². The van der Waals surface area contributed by atoms with Gasteiger partial charge in [0.2, 0.25) is 5.95 Å². The molecule has 3 aromatic rings. The Bertz CT molecular complexity index is 1150. The third kappa shape index (κ3) is 4.64. The summed E-state index contributed by atoms with van der Waals surface area (Å²) in [5.41, 5.74) is 8.61. The first-order valence-corrected chi connectivity index (χ1v) is 11.0. The summed E-state index contributed by atoms with van der Waals surface area (Å²) in [5.74, 6) is -0.371. The Balaban J connectivity index is 2.12. The van der Waals surface area contributed by atoms with Crippen LogP contribution in [-0.4, -0.2) is 51.1 Å². The van der Waals surface area contributed by atoms with E-state index in [1.807, 2.05) is 36.8 Å². The average molecular weight is 443 g/mol. The minimum atomic E-state index is -0.442. The summed E-state index contributed by atoms with van der Waals surface area (Å²) in [6, 6.07) is 5.17. The summed E-state index contributed by atoms with van der Waals surface area (Å²) in [5, 5.41) is 7.24. The fourth-order valence-corrected chi connectivity index (χ4v) is 3.96. The number of aryl methyl sites for hydroxylation is 2. The smallest absolute Gasteiger partial charge is 0.337 e. The summed E-state index contributed by atoms with van der Waals surface area (Å²) >= 11 is 1.49. The van der Waals surface area contributed by atoms with Gasteiger partial charge in [-0.2, -0.15) is 5.10 Å². The van der Waals surface area contributed by atoms with Crippen molar-refractivity contribution in [2.75, 3.05) is 25.2 Å². The molecule has 1 amide bonds. The molecule has 0 radical (unpaired) electrons. The molecule has 0 spiro atoms. The molecule has 9 nitrogen and oxygen atoms in total. The van der Waals surface area contributed by atoms with Gasteiger partial charge in [0.15, 0.2) is 0 Å². The van der Waals surface area contributed by atoms with E-state index >= 15 is 0 Å². The van der Waals surface area contributed by atoms with Gasteiger partial charge < -0.3 is 15.0 Å². The second-order valence-corrected chi connectivity index (χ2v) is 7.58.